The van der Waals surface area contributed by atoms with Crippen molar-refractivity contribution in [1.82, 2.24) is 15.5 Å². The van der Waals surface area contributed by atoms with Gasteiger partial charge in [0.25, 0.3) is 5.91 Å². The van der Waals surface area contributed by atoms with Crippen molar-refractivity contribution in [2.24, 2.45) is 0 Å². The highest BCUT2D eigenvalue weighted by Gasteiger charge is 2.36. The maximum Gasteiger partial charge on any atom is 0.387 e. The molecule has 3 rings (SSSR count). The summed E-state index contributed by atoms with van der Waals surface area (Å²) in [5, 5.41) is 6.23. The van der Waals surface area contributed by atoms with Crippen molar-refractivity contribution in [3.8, 4) is 5.75 Å². The van der Waals surface area contributed by atoms with Crippen molar-refractivity contribution in [2.45, 2.75) is 44.4 Å². The molecule has 2 aliphatic heterocycles. The second-order valence-corrected chi connectivity index (χ2v) is 6.58. The molecule has 0 bridgehead atoms. The number of halogens is 3. The molecule has 9 heteroatoms. The van der Waals surface area contributed by atoms with Gasteiger partial charge in [-0.05, 0) is 44.4 Å². The molecule has 2 atom stereocenters. The summed E-state index contributed by atoms with van der Waals surface area (Å²) in [5.74, 6) is -0.812. The van der Waals surface area contributed by atoms with Gasteiger partial charge >= 0.3 is 6.61 Å². The summed E-state index contributed by atoms with van der Waals surface area (Å²) in [6.45, 7) is -0.929. The van der Waals surface area contributed by atoms with Gasteiger partial charge in [0.05, 0.1) is 5.56 Å². The molecule has 2 fully saturated rings. The van der Waals surface area contributed by atoms with Crippen LogP contribution in [0.4, 0.5) is 8.78 Å². The van der Waals surface area contributed by atoms with Crippen molar-refractivity contribution in [3.63, 3.8) is 0 Å². The molecule has 2 saturated heterocycles. The lowest BCUT2D eigenvalue weighted by atomic mass is 10.1. The van der Waals surface area contributed by atoms with Crippen LogP contribution in [0.5, 0.6) is 5.75 Å². The zero-order chi connectivity index (χ0) is 18.5. The lowest BCUT2D eigenvalue weighted by molar-refractivity contribution is -0.125. The van der Waals surface area contributed by atoms with Crippen molar-refractivity contribution in [1.29, 1.82) is 0 Å². The summed E-state index contributed by atoms with van der Waals surface area (Å²) in [5.41, 5.74) is 0.0480. The molecular formula is C18H24ClF2N3O3. The number of benzene rings is 1. The number of rotatable bonds is 5. The Kier molecular flexibility index (Phi) is 7.79. The molecule has 0 aromatic heterocycles. The Balaban J connectivity index is 0.00000261. The summed E-state index contributed by atoms with van der Waals surface area (Å²) in [4.78, 5) is 27.0. The Bertz CT molecular complexity index is 656. The Hall–Kier alpha value is -1.93. The van der Waals surface area contributed by atoms with Gasteiger partial charge < -0.3 is 20.3 Å². The second kappa shape index (κ2) is 9.85. The third kappa shape index (κ3) is 5.29. The molecule has 150 valence electrons. The van der Waals surface area contributed by atoms with Crippen LogP contribution in [0.3, 0.4) is 0 Å². The number of likely N-dealkylation sites (tertiary alicyclic amines) is 1. The second-order valence-electron chi connectivity index (χ2n) is 6.58. The number of amides is 2. The van der Waals surface area contributed by atoms with Gasteiger partial charge in [-0.25, -0.2) is 0 Å². The van der Waals surface area contributed by atoms with E-state index in [2.05, 4.69) is 15.4 Å². The Morgan fingerprint density at radius 1 is 1.22 bits per heavy atom. The van der Waals surface area contributed by atoms with Gasteiger partial charge in [-0.15, -0.1) is 12.4 Å². The third-order valence-corrected chi connectivity index (χ3v) is 4.79. The lowest BCUT2D eigenvalue weighted by Crippen LogP contribution is -2.52. The fourth-order valence-electron chi connectivity index (χ4n) is 3.55. The number of carbonyl (C=O) groups is 2. The van der Waals surface area contributed by atoms with E-state index in [1.165, 1.54) is 23.1 Å². The number of hydrogen-bond acceptors (Lipinski definition) is 4. The molecule has 27 heavy (non-hydrogen) atoms. The zero-order valence-corrected chi connectivity index (χ0v) is 15.6. The van der Waals surface area contributed by atoms with Crippen molar-refractivity contribution >= 4 is 24.2 Å². The number of carbonyl (C=O) groups excluding carboxylic acids is 2. The number of para-hydroxylation sites is 1. The average molecular weight is 404 g/mol. The minimum absolute atomic E-state index is 0. The Morgan fingerprint density at radius 2 is 2.00 bits per heavy atom. The van der Waals surface area contributed by atoms with Gasteiger partial charge in [0, 0.05) is 19.1 Å². The molecule has 0 saturated carbocycles. The van der Waals surface area contributed by atoms with E-state index in [1.807, 2.05) is 0 Å². The molecule has 1 aromatic rings. The third-order valence-electron chi connectivity index (χ3n) is 4.79. The van der Waals surface area contributed by atoms with Gasteiger partial charge in [0.1, 0.15) is 11.8 Å². The molecule has 2 amide bonds. The van der Waals surface area contributed by atoms with Crippen LogP contribution in [0.25, 0.3) is 0 Å². The molecule has 2 unspecified atom stereocenters. The van der Waals surface area contributed by atoms with Crippen LogP contribution in [0.2, 0.25) is 0 Å². The minimum atomic E-state index is -3.01. The van der Waals surface area contributed by atoms with Gasteiger partial charge in [-0.2, -0.15) is 8.78 Å². The first-order valence-electron chi connectivity index (χ1n) is 8.92. The van der Waals surface area contributed by atoms with Crippen LogP contribution in [-0.2, 0) is 4.79 Å². The largest absolute Gasteiger partial charge is 0.434 e. The highest BCUT2D eigenvalue weighted by atomic mass is 35.5. The lowest BCUT2D eigenvalue weighted by Gasteiger charge is -2.29. The van der Waals surface area contributed by atoms with Gasteiger partial charge in [0.15, 0.2) is 0 Å². The molecule has 0 spiro atoms. The van der Waals surface area contributed by atoms with E-state index in [0.29, 0.717) is 19.4 Å². The highest BCUT2D eigenvalue weighted by molar-refractivity contribution is 6.00. The Labute approximate surface area is 163 Å². The van der Waals surface area contributed by atoms with Crippen LogP contribution in [0, 0.1) is 0 Å². The topological polar surface area (TPSA) is 70.7 Å². The first kappa shape index (κ1) is 21.4. The van der Waals surface area contributed by atoms with Crippen molar-refractivity contribution < 1.29 is 23.1 Å². The number of piperidine rings is 1. The van der Waals surface area contributed by atoms with E-state index >= 15 is 0 Å². The summed E-state index contributed by atoms with van der Waals surface area (Å²) in [6.07, 6.45) is 3.17. The summed E-state index contributed by atoms with van der Waals surface area (Å²) >= 11 is 0. The van der Waals surface area contributed by atoms with Gasteiger partial charge in [-0.3, -0.25) is 9.59 Å². The number of hydrogen-bond donors (Lipinski definition) is 2. The molecule has 6 nitrogen and oxygen atoms in total. The van der Waals surface area contributed by atoms with Crippen LogP contribution >= 0.6 is 12.4 Å². The van der Waals surface area contributed by atoms with E-state index in [0.717, 1.165) is 25.9 Å². The maximum absolute atomic E-state index is 12.9. The fraction of sp³-hybridized carbons (Fsp3) is 0.556. The number of nitrogens with zero attached hydrogens (tertiary/aromatic N) is 1. The average Bonchev–Trinajstić information content (AvgIpc) is 3.12. The normalized spacial score (nSPS) is 22.3. The van der Waals surface area contributed by atoms with Crippen LogP contribution in [0.15, 0.2) is 24.3 Å². The summed E-state index contributed by atoms with van der Waals surface area (Å²) < 4.78 is 29.6. The molecular weight excluding hydrogens is 380 g/mol. The standard InChI is InChI=1S/C18H23F2N3O3.ClH/c19-18(20)26-15-8-2-1-6-13(15)17(25)23-10-4-7-14(23)16(24)22-12-5-3-9-21-11-12;/h1-2,6,8,12,14,18,21H,3-5,7,9-11H2,(H,22,24);1H. The van der Waals surface area contributed by atoms with Crippen LogP contribution in [0.1, 0.15) is 36.0 Å². The summed E-state index contributed by atoms with van der Waals surface area (Å²) in [6, 6.07) is 5.37. The summed E-state index contributed by atoms with van der Waals surface area (Å²) in [7, 11) is 0. The quantitative estimate of drug-likeness (QED) is 0.790. The Morgan fingerprint density at radius 3 is 2.70 bits per heavy atom. The highest BCUT2D eigenvalue weighted by Crippen LogP contribution is 2.26. The van der Waals surface area contributed by atoms with Gasteiger partial charge in [0.2, 0.25) is 5.91 Å². The first-order valence-corrected chi connectivity index (χ1v) is 8.92. The molecule has 0 radical (unpaired) electrons. The predicted molar refractivity (Wildman–Crippen MR) is 98.4 cm³/mol. The van der Waals surface area contributed by atoms with E-state index in [4.69, 9.17) is 0 Å². The number of nitrogens with one attached hydrogen (secondary N) is 2. The van der Waals surface area contributed by atoms with E-state index in [-0.39, 0.29) is 35.7 Å². The van der Waals surface area contributed by atoms with Gasteiger partial charge in [-0.1, -0.05) is 12.1 Å². The molecule has 2 heterocycles. The number of ether oxygens (including phenoxy) is 1. The monoisotopic (exact) mass is 403 g/mol. The minimum Gasteiger partial charge on any atom is -0.434 e. The molecule has 1 aromatic carbocycles. The van der Waals surface area contributed by atoms with E-state index in [9.17, 15) is 18.4 Å². The van der Waals surface area contributed by atoms with Crippen molar-refractivity contribution in [3.05, 3.63) is 29.8 Å². The van der Waals surface area contributed by atoms with E-state index < -0.39 is 18.6 Å². The molecule has 0 aliphatic carbocycles. The maximum atomic E-state index is 12.9. The van der Waals surface area contributed by atoms with Crippen molar-refractivity contribution in [2.75, 3.05) is 19.6 Å². The predicted octanol–water partition coefficient (Wildman–Crippen LogP) is 2.18. The number of alkyl halides is 2. The molecule has 2 N–H and O–H groups in total. The van der Waals surface area contributed by atoms with E-state index in [1.54, 1.807) is 6.07 Å². The zero-order valence-electron chi connectivity index (χ0n) is 14.8. The fourth-order valence-corrected chi connectivity index (χ4v) is 3.55. The van der Waals surface area contributed by atoms with Crippen LogP contribution in [-0.4, -0.2) is 55.0 Å². The molecule has 2 aliphatic rings. The van der Waals surface area contributed by atoms with Crippen LogP contribution < -0.4 is 15.4 Å². The first-order chi connectivity index (χ1) is 12.6. The smallest absolute Gasteiger partial charge is 0.387 e. The SMILES string of the molecule is Cl.O=C(NC1CCCNC1)C1CCCN1C(=O)c1ccccc1OC(F)F.